The van der Waals surface area contributed by atoms with Crippen LogP contribution in [0.4, 0.5) is 4.79 Å². The highest BCUT2D eigenvalue weighted by atomic mass is 16.6. The Hall–Kier alpha value is -2.37. The Morgan fingerprint density at radius 1 is 1.40 bits per heavy atom. The molecule has 6 heteroatoms. The largest absolute Gasteiger partial charge is 0.422 e. The van der Waals surface area contributed by atoms with Gasteiger partial charge in [0, 0.05) is 0 Å². The third kappa shape index (κ3) is 2.79. The molecule has 0 unspecified atom stereocenters. The minimum atomic E-state index is -0.712. The number of guanidine groups is 1. The fourth-order valence-electron chi connectivity index (χ4n) is 2.04. The number of nitrogens with one attached hydrogen (secondary N) is 2. The number of carbonyl (C=O) groups is 2. The van der Waals surface area contributed by atoms with E-state index >= 15 is 0 Å². The van der Waals surface area contributed by atoms with Crippen LogP contribution in [-0.2, 0) is 4.79 Å². The Morgan fingerprint density at radius 2 is 2.05 bits per heavy atom. The molecule has 2 rings (SSSR count). The van der Waals surface area contributed by atoms with Crippen molar-refractivity contribution >= 4 is 18.0 Å². The van der Waals surface area contributed by atoms with E-state index in [0.717, 1.165) is 16.9 Å². The first kappa shape index (κ1) is 14.0. The summed E-state index contributed by atoms with van der Waals surface area (Å²) in [6, 6.07) is 6.34. The third-order valence-corrected chi connectivity index (χ3v) is 3.08. The molecule has 0 bridgehead atoms. The number of aryl methyl sites for hydroxylation is 1. The summed E-state index contributed by atoms with van der Waals surface area (Å²) in [4.78, 5) is 24.9. The molecule has 0 aromatic heterocycles. The molecule has 1 atom stereocenters. The lowest BCUT2D eigenvalue weighted by atomic mass is 10.1. The third-order valence-electron chi connectivity index (χ3n) is 3.08. The highest BCUT2D eigenvalue weighted by molar-refractivity contribution is 6.11. The van der Waals surface area contributed by atoms with Gasteiger partial charge in [-0.05, 0) is 25.5 Å². The normalized spacial score (nSPS) is 18.1. The van der Waals surface area contributed by atoms with Crippen molar-refractivity contribution in [3.05, 3.63) is 29.8 Å². The quantitative estimate of drug-likeness (QED) is 0.885. The highest BCUT2D eigenvalue weighted by Crippen LogP contribution is 2.18. The molecular formula is C14H17N3O3. The molecule has 1 aliphatic heterocycles. The Labute approximate surface area is 117 Å². The van der Waals surface area contributed by atoms with Crippen LogP contribution in [0.1, 0.15) is 25.3 Å². The highest BCUT2D eigenvalue weighted by Gasteiger charge is 2.40. The van der Waals surface area contributed by atoms with E-state index in [4.69, 9.17) is 10.1 Å². The van der Waals surface area contributed by atoms with E-state index in [-0.39, 0.29) is 11.9 Å². The summed E-state index contributed by atoms with van der Waals surface area (Å²) in [5, 5.41) is 10.0. The van der Waals surface area contributed by atoms with Gasteiger partial charge in [0.15, 0.2) is 0 Å². The Kier molecular flexibility index (Phi) is 4.02. The van der Waals surface area contributed by atoms with Gasteiger partial charge in [-0.15, -0.1) is 0 Å². The van der Waals surface area contributed by atoms with Crippen molar-refractivity contribution in [3.8, 4) is 5.75 Å². The van der Waals surface area contributed by atoms with Gasteiger partial charge in [-0.25, -0.2) is 9.69 Å². The van der Waals surface area contributed by atoms with Crippen molar-refractivity contribution in [1.82, 2.24) is 10.2 Å². The number of hydrogen-bond donors (Lipinski definition) is 2. The van der Waals surface area contributed by atoms with Gasteiger partial charge in [0.25, 0.3) is 0 Å². The number of benzene rings is 1. The van der Waals surface area contributed by atoms with Gasteiger partial charge in [0.2, 0.25) is 11.9 Å². The van der Waals surface area contributed by atoms with E-state index in [1.165, 1.54) is 0 Å². The van der Waals surface area contributed by atoms with Crippen LogP contribution in [0.15, 0.2) is 24.3 Å². The molecule has 1 aromatic rings. The molecule has 1 saturated heterocycles. The number of hydrogen-bond acceptors (Lipinski definition) is 4. The molecule has 1 aromatic carbocycles. The van der Waals surface area contributed by atoms with Crippen molar-refractivity contribution in [1.29, 1.82) is 5.41 Å². The van der Waals surface area contributed by atoms with Gasteiger partial charge in [-0.3, -0.25) is 15.5 Å². The predicted octanol–water partition coefficient (Wildman–Crippen LogP) is 2.03. The smallest absolute Gasteiger partial charge is 0.410 e. The van der Waals surface area contributed by atoms with Gasteiger partial charge in [0.1, 0.15) is 11.8 Å². The standard InChI is InChI=1S/C14H17N3O3/c1-3-4-11-12(18)16-13(15)17(11)14(19)20-10-7-5-9(2)6-8-10/h5-8,11H,3-4H2,1-2H3,(H2,15,16,18)/t11-/m0/s1. The predicted molar refractivity (Wildman–Crippen MR) is 73.6 cm³/mol. The van der Waals surface area contributed by atoms with Crippen LogP contribution in [-0.4, -0.2) is 28.9 Å². The summed E-state index contributed by atoms with van der Waals surface area (Å²) in [5.74, 6) is -0.175. The molecule has 2 N–H and O–H groups in total. The zero-order valence-electron chi connectivity index (χ0n) is 11.5. The SMILES string of the molecule is CCC[C@H]1C(=O)NC(=N)N1C(=O)Oc1ccc(C)cc1. The zero-order valence-corrected chi connectivity index (χ0v) is 11.5. The van der Waals surface area contributed by atoms with Crippen molar-refractivity contribution in [3.63, 3.8) is 0 Å². The minimum absolute atomic E-state index is 0.231. The maximum atomic E-state index is 12.1. The summed E-state index contributed by atoms with van der Waals surface area (Å²) < 4.78 is 5.20. The van der Waals surface area contributed by atoms with Crippen LogP contribution < -0.4 is 10.1 Å². The van der Waals surface area contributed by atoms with Crippen molar-refractivity contribution in [2.45, 2.75) is 32.7 Å². The van der Waals surface area contributed by atoms with E-state index in [1.54, 1.807) is 12.1 Å². The topological polar surface area (TPSA) is 82.5 Å². The molecule has 0 saturated carbocycles. The Morgan fingerprint density at radius 3 is 2.65 bits per heavy atom. The summed E-state index contributed by atoms with van der Waals surface area (Å²) >= 11 is 0. The number of nitrogens with zero attached hydrogens (tertiary/aromatic N) is 1. The first-order valence-corrected chi connectivity index (χ1v) is 6.50. The summed E-state index contributed by atoms with van der Waals surface area (Å²) in [6.45, 7) is 3.85. The summed E-state index contributed by atoms with van der Waals surface area (Å²) in [6.07, 6.45) is 0.521. The molecule has 0 radical (unpaired) electrons. The zero-order chi connectivity index (χ0) is 14.7. The minimum Gasteiger partial charge on any atom is -0.410 e. The van der Waals surface area contributed by atoms with Crippen LogP contribution in [0.5, 0.6) is 5.75 Å². The molecule has 2 amide bonds. The second kappa shape index (κ2) is 5.73. The van der Waals surface area contributed by atoms with Gasteiger partial charge in [-0.2, -0.15) is 0 Å². The molecule has 6 nitrogen and oxygen atoms in total. The second-order valence-corrected chi connectivity index (χ2v) is 4.69. The molecule has 1 fully saturated rings. The average Bonchev–Trinajstić information content (AvgIpc) is 2.68. The number of ether oxygens (including phenoxy) is 1. The van der Waals surface area contributed by atoms with Crippen LogP contribution in [0.3, 0.4) is 0 Å². The van der Waals surface area contributed by atoms with Gasteiger partial charge in [0.05, 0.1) is 0 Å². The Bertz CT molecular complexity index is 539. The molecule has 0 spiro atoms. The lowest BCUT2D eigenvalue weighted by molar-refractivity contribution is -0.121. The van der Waals surface area contributed by atoms with Crippen molar-refractivity contribution < 1.29 is 14.3 Å². The van der Waals surface area contributed by atoms with Crippen LogP contribution in [0, 0.1) is 12.3 Å². The van der Waals surface area contributed by atoms with Crippen LogP contribution in [0.2, 0.25) is 0 Å². The maximum absolute atomic E-state index is 12.1. The number of rotatable bonds is 3. The Balaban J connectivity index is 2.12. The molecule has 20 heavy (non-hydrogen) atoms. The lowest BCUT2D eigenvalue weighted by Crippen LogP contribution is -2.42. The summed E-state index contributed by atoms with van der Waals surface area (Å²) in [7, 11) is 0. The van der Waals surface area contributed by atoms with E-state index in [2.05, 4.69) is 5.32 Å². The van der Waals surface area contributed by atoms with E-state index in [1.807, 2.05) is 26.0 Å². The van der Waals surface area contributed by atoms with Crippen LogP contribution in [0.25, 0.3) is 0 Å². The van der Waals surface area contributed by atoms with Gasteiger partial charge in [-0.1, -0.05) is 31.0 Å². The van der Waals surface area contributed by atoms with Gasteiger partial charge < -0.3 is 4.74 Å². The second-order valence-electron chi connectivity index (χ2n) is 4.69. The maximum Gasteiger partial charge on any atom is 0.422 e. The monoisotopic (exact) mass is 275 g/mol. The average molecular weight is 275 g/mol. The van der Waals surface area contributed by atoms with Crippen molar-refractivity contribution in [2.75, 3.05) is 0 Å². The first-order chi connectivity index (χ1) is 9.52. The van der Waals surface area contributed by atoms with E-state index < -0.39 is 12.1 Å². The molecule has 1 heterocycles. The number of amides is 2. The summed E-state index contributed by atoms with van der Waals surface area (Å²) in [5.41, 5.74) is 1.06. The van der Waals surface area contributed by atoms with Gasteiger partial charge >= 0.3 is 6.09 Å². The van der Waals surface area contributed by atoms with E-state index in [9.17, 15) is 9.59 Å². The van der Waals surface area contributed by atoms with Crippen molar-refractivity contribution in [2.24, 2.45) is 0 Å². The fraction of sp³-hybridized carbons (Fsp3) is 0.357. The molecular weight excluding hydrogens is 258 g/mol. The van der Waals surface area contributed by atoms with E-state index in [0.29, 0.717) is 12.2 Å². The molecule has 106 valence electrons. The fourth-order valence-corrected chi connectivity index (χ4v) is 2.04. The molecule has 0 aliphatic carbocycles. The number of carbonyl (C=O) groups excluding carboxylic acids is 2. The first-order valence-electron chi connectivity index (χ1n) is 6.50. The van der Waals surface area contributed by atoms with Crippen LogP contribution >= 0.6 is 0 Å². The molecule has 1 aliphatic rings. The lowest BCUT2D eigenvalue weighted by Gasteiger charge is -2.20.